The number of methoxy groups -OCH3 is 1. The number of hydrogen-bond acceptors (Lipinski definition) is 3. The molecule has 0 radical (unpaired) electrons. The maximum absolute atomic E-state index is 7.95. The summed E-state index contributed by atoms with van der Waals surface area (Å²) >= 11 is 6.60. The van der Waals surface area contributed by atoms with Crippen molar-refractivity contribution >= 4 is 23.1 Å². The molecule has 0 amide bonds. The maximum atomic E-state index is 7.95. The van der Waals surface area contributed by atoms with Gasteiger partial charge in [-0.15, -0.1) is 0 Å². The number of benzene rings is 2. The third kappa shape index (κ3) is 3.30. The van der Waals surface area contributed by atoms with Crippen LogP contribution in [-0.2, 0) is 0 Å². The molecule has 6 heteroatoms. The number of aromatic nitrogens is 2. The second-order valence-electron chi connectivity index (χ2n) is 6.96. The van der Waals surface area contributed by atoms with Crippen molar-refractivity contribution in [2.24, 2.45) is 4.99 Å². The van der Waals surface area contributed by atoms with E-state index in [-0.39, 0.29) is 5.92 Å². The highest BCUT2D eigenvalue weighted by atomic mass is 35.5. The van der Waals surface area contributed by atoms with Crippen LogP contribution in [-0.4, -0.2) is 29.1 Å². The molecule has 0 fully saturated rings. The van der Waals surface area contributed by atoms with Crippen LogP contribution in [0.15, 0.2) is 53.5 Å². The first kappa shape index (κ1) is 19.2. The lowest BCUT2D eigenvalue weighted by atomic mass is 9.79. The summed E-state index contributed by atoms with van der Waals surface area (Å²) in [5.41, 5.74) is 4.37. The lowest BCUT2D eigenvalue weighted by molar-refractivity contribution is 0.416. The smallest absolute Gasteiger partial charge is 0.272 e. The van der Waals surface area contributed by atoms with Crippen molar-refractivity contribution in [2.75, 3.05) is 7.11 Å². The van der Waals surface area contributed by atoms with Gasteiger partial charge in [0.25, 0.3) is 6.04 Å². The Morgan fingerprint density at radius 2 is 1.93 bits per heavy atom. The Labute approximate surface area is 175 Å². The SMILES string of the molecule is [C-]#[N+]C1C(CCC)=Nc2n[nH]c(-c3ccccc3OC)c2C1c1ccccc1Cl. The molecule has 2 unspecified atom stereocenters. The third-order valence-corrected chi connectivity index (χ3v) is 5.61. The number of fused-ring (bicyclic) bond motifs is 1. The van der Waals surface area contributed by atoms with Crippen LogP contribution in [0.1, 0.15) is 36.8 Å². The van der Waals surface area contributed by atoms with E-state index in [0.717, 1.165) is 46.7 Å². The summed E-state index contributed by atoms with van der Waals surface area (Å²) in [5, 5.41) is 8.29. The number of hydrogen-bond donors (Lipinski definition) is 1. The van der Waals surface area contributed by atoms with Gasteiger partial charge >= 0.3 is 0 Å². The maximum Gasteiger partial charge on any atom is 0.272 e. The molecule has 1 N–H and O–H groups in total. The number of para-hydroxylation sites is 1. The predicted molar refractivity (Wildman–Crippen MR) is 116 cm³/mol. The second kappa shape index (κ2) is 8.10. The summed E-state index contributed by atoms with van der Waals surface area (Å²) in [6.45, 7) is 10.0. The van der Waals surface area contributed by atoms with Crippen molar-refractivity contribution < 1.29 is 4.74 Å². The molecule has 5 nitrogen and oxygen atoms in total. The minimum atomic E-state index is -0.423. The van der Waals surface area contributed by atoms with Gasteiger partial charge in [0.2, 0.25) is 0 Å². The minimum Gasteiger partial charge on any atom is -0.496 e. The fourth-order valence-corrected chi connectivity index (χ4v) is 4.24. The number of rotatable bonds is 5. The number of aliphatic imine (C=N–C) groups is 1. The highest BCUT2D eigenvalue weighted by Gasteiger charge is 2.43. The molecule has 29 heavy (non-hydrogen) atoms. The zero-order chi connectivity index (χ0) is 20.4. The van der Waals surface area contributed by atoms with E-state index in [0.29, 0.717) is 10.8 Å². The van der Waals surface area contributed by atoms with Gasteiger partial charge in [-0.2, -0.15) is 5.10 Å². The number of ether oxygens (including phenoxy) is 1. The summed E-state index contributed by atoms with van der Waals surface area (Å²) in [6, 6.07) is 15.1. The monoisotopic (exact) mass is 404 g/mol. The predicted octanol–water partition coefficient (Wildman–Crippen LogP) is 6.04. The molecule has 4 rings (SSSR count). The van der Waals surface area contributed by atoms with E-state index >= 15 is 0 Å². The van der Waals surface area contributed by atoms with Gasteiger partial charge in [0.1, 0.15) is 11.5 Å². The van der Waals surface area contributed by atoms with Gasteiger partial charge in [-0.1, -0.05) is 55.3 Å². The third-order valence-electron chi connectivity index (χ3n) is 5.26. The molecule has 2 atom stereocenters. The fraction of sp³-hybridized carbons (Fsp3) is 0.261. The molecule has 1 aliphatic rings. The van der Waals surface area contributed by atoms with Crippen molar-refractivity contribution in [3.8, 4) is 17.0 Å². The van der Waals surface area contributed by atoms with Gasteiger partial charge in [-0.05, 0) is 30.2 Å². The van der Waals surface area contributed by atoms with E-state index in [1.54, 1.807) is 7.11 Å². The van der Waals surface area contributed by atoms with E-state index in [1.807, 2.05) is 48.5 Å². The Morgan fingerprint density at radius 3 is 2.66 bits per heavy atom. The molecule has 0 bridgehead atoms. The number of nitrogens with zero attached hydrogens (tertiary/aromatic N) is 3. The molecule has 0 aliphatic carbocycles. The molecule has 3 aromatic rings. The first-order chi connectivity index (χ1) is 14.2. The number of aromatic amines is 1. The van der Waals surface area contributed by atoms with Crippen LogP contribution in [0.3, 0.4) is 0 Å². The first-order valence-corrected chi connectivity index (χ1v) is 9.97. The van der Waals surface area contributed by atoms with Crippen LogP contribution in [0.5, 0.6) is 5.75 Å². The number of H-pyrrole nitrogens is 1. The van der Waals surface area contributed by atoms with Gasteiger partial charge < -0.3 is 9.58 Å². The highest BCUT2D eigenvalue weighted by Crippen LogP contribution is 2.47. The number of nitrogens with one attached hydrogen (secondary N) is 1. The second-order valence-corrected chi connectivity index (χ2v) is 7.37. The summed E-state index contributed by atoms with van der Waals surface area (Å²) in [5.74, 6) is 1.10. The minimum absolute atomic E-state index is 0.256. The normalized spacial score (nSPS) is 17.9. The van der Waals surface area contributed by atoms with Crippen LogP contribution in [0.4, 0.5) is 5.82 Å². The Morgan fingerprint density at radius 1 is 1.17 bits per heavy atom. The van der Waals surface area contributed by atoms with Gasteiger partial charge in [0.05, 0.1) is 18.7 Å². The van der Waals surface area contributed by atoms with E-state index in [2.05, 4.69) is 22.0 Å². The first-order valence-electron chi connectivity index (χ1n) is 9.59. The highest BCUT2D eigenvalue weighted by molar-refractivity contribution is 6.31. The van der Waals surface area contributed by atoms with Crippen LogP contribution in [0.25, 0.3) is 16.1 Å². The van der Waals surface area contributed by atoms with Gasteiger partial charge in [0, 0.05) is 16.1 Å². The Hall–Kier alpha value is -3.10. The zero-order valence-electron chi connectivity index (χ0n) is 16.3. The molecule has 1 aromatic heterocycles. The van der Waals surface area contributed by atoms with Crippen molar-refractivity contribution in [3.05, 3.63) is 76.1 Å². The lowest BCUT2D eigenvalue weighted by Gasteiger charge is -2.25. The average molecular weight is 405 g/mol. The van der Waals surface area contributed by atoms with Gasteiger partial charge in [-0.3, -0.25) is 5.10 Å². The summed E-state index contributed by atoms with van der Waals surface area (Å²) in [6.07, 6.45) is 1.67. The van der Waals surface area contributed by atoms with Crippen molar-refractivity contribution in [3.63, 3.8) is 0 Å². The molecule has 0 saturated carbocycles. The Bertz CT molecular complexity index is 1110. The fourth-order valence-electron chi connectivity index (χ4n) is 3.99. The Balaban J connectivity index is 1.99. The molecule has 0 saturated heterocycles. The zero-order valence-corrected chi connectivity index (χ0v) is 17.1. The van der Waals surface area contributed by atoms with Crippen LogP contribution in [0.2, 0.25) is 5.02 Å². The van der Waals surface area contributed by atoms with E-state index in [4.69, 9.17) is 27.9 Å². The van der Waals surface area contributed by atoms with Gasteiger partial charge in [-0.25, -0.2) is 11.6 Å². The molecule has 0 spiro atoms. The molecular weight excluding hydrogens is 384 g/mol. The van der Waals surface area contributed by atoms with E-state index in [9.17, 15) is 0 Å². The lowest BCUT2D eigenvalue weighted by Crippen LogP contribution is -2.29. The molecule has 1 aliphatic heterocycles. The van der Waals surface area contributed by atoms with Crippen molar-refractivity contribution in [1.82, 2.24) is 10.2 Å². The van der Waals surface area contributed by atoms with Crippen LogP contribution in [0, 0.1) is 6.57 Å². The summed E-state index contributed by atoms with van der Waals surface area (Å²) < 4.78 is 5.57. The average Bonchev–Trinajstić information content (AvgIpc) is 3.17. The topological polar surface area (TPSA) is 54.6 Å². The van der Waals surface area contributed by atoms with E-state index in [1.165, 1.54) is 0 Å². The van der Waals surface area contributed by atoms with Crippen molar-refractivity contribution in [1.29, 1.82) is 0 Å². The summed E-state index contributed by atoms with van der Waals surface area (Å²) in [4.78, 5) is 8.76. The largest absolute Gasteiger partial charge is 0.496 e. The Kier molecular flexibility index (Phi) is 5.37. The van der Waals surface area contributed by atoms with Crippen LogP contribution >= 0.6 is 11.6 Å². The van der Waals surface area contributed by atoms with E-state index < -0.39 is 6.04 Å². The van der Waals surface area contributed by atoms with Crippen LogP contribution < -0.4 is 4.74 Å². The molecular formula is C23H21ClN4O. The number of halogens is 1. The van der Waals surface area contributed by atoms with Gasteiger partial charge in [0.15, 0.2) is 5.82 Å². The summed E-state index contributed by atoms with van der Waals surface area (Å²) in [7, 11) is 1.65. The molecule has 2 aromatic carbocycles. The quantitative estimate of drug-likeness (QED) is 0.526. The molecule has 2 heterocycles. The standard InChI is InChI=1S/C23H21ClN4O/c1-4-9-17-22(25-2)19(14-10-5-7-12-16(14)24)20-21(27-28-23(20)26-17)15-11-6-8-13-18(15)29-3/h5-8,10-13,19,22H,4,9H2,1,3H3,(H,27,28). The van der Waals surface area contributed by atoms with Crippen molar-refractivity contribution in [2.45, 2.75) is 31.7 Å². The molecule has 146 valence electrons.